The fourth-order valence-corrected chi connectivity index (χ4v) is 2.85. The third kappa shape index (κ3) is 3.00. The van der Waals surface area contributed by atoms with Gasteiger partial charge in [0, 0.05) is 4.88 Å². The first-order chi connectivity index (χ1) is 9.93. The van der Waals surface area contributed by atoms with Crippen molar-refractivity contribution in [3.63, 3.8) is 0 Å². The molecule has 0 atom stereocenters. The van der Waals surface area contributed by atoms with E-state index in [-0.39, 0.29) is 11.3 Å². The highest BCUT2D eigenvalue weighted by molar-refractivity contribution is 7.15. The van der Waals surface area contributed by atoms with Crippen LogP contribution in [0, 0.1) is 17.0 Å². The van der Waals surface area contributed by atoms with Gasteiger partial charge in [0.2, 0.25) is 0 Å². The van der Waals surface area contributed by atoms with E-state index in [1.54, 1.807) is 0 Å². The molecule has 2 rings (SSSR count). The molecule has 7 nitrogen and oxygen atoms in total. The second kappa shape index (κ2) is 5.88. The second-order valence-corrected chi connectivity index (χ2v) is 5.47. The molecule has 0 aliphatic rings. The van der Waals surface area contributed by atoms with E-state index in [0.29, 0.717) is 5.13 Å². The van der Waals surface area contributed by atoms with Crippen LogP contribution in [0.3, 0.4) is 0 Å². The second-order valence-electron chi connectivity index (χ2n) is 4.26. The van der Waals surface area contributed by atoms with Crippen LogP contribution in [0.25, 0.3) is 0 Å². The summed E-state index contributed by atoms with van der Waals surface area (Å²) in [7, 11) is 0. The lowest BCUT2D eigenvalue weighted by Gasteiger charge is -2.05. The molecule has 1 heterocycles. The van der Waals surface area contributed by atoms with E-state index >= 15 is 0 Å². The van der Waals surface area contributed by atoms with Gasteiger partial charge in [0.15, 0.2) is 5.13 Å². The molecule has 0 aliphatic heterocycles. The number of carboxylic acids is 1. The number of carboxylic acid groups (broad SMARTS) is 1. The summed E-state index contributed by atoms with van der Waals surface area (Å²) in [5, 5.41) is 23.6. The number of hydrogen-bond acceptors (Lipinski definition) is 6. The zero-order valence-electron chi connectivity index (χ0n) is 11.4. The molecule has 0 aliphatic carbocycles. The van der Waals surface area contributed by atoms with Crippen molar-refractivity contribution >= 4 is 33.8 Å². The van der Waals surface area contributed by atoms with Gasteiger partial charge in [-0.05, 0) is 25.5 Å². The molecule has 0 radical (unpaired) electrons. The van der Waals surface area contributed by atoms with E-state index in [0.717, 1.165) is 17.0 Å². The molecule has 0 fully saturated rings. The van der Waals surface area contributed by atoms with E-state index in [2.05, 4.69) is 10.3 Å². The van der Waals surface area contributed by atoms with Crippen LogP contribution in [0.5, 0.6) is 0 Å². The summed E-state index contributed by atoms with van der Waals surface area (Å²) in [6.07, 6.45) is 0.765. The van der Waals surface area contributed by atoms with E-state index in [9.17, 15) is 14.9 Å². The smallest absolute Gasteiger partial charge is 0.342 e. The van der Waals surface area contributed by atoms with Gasteiger partial charge in [0.25, 0.3) is 0 Å². The highest BCUT2D eigenvalue weighted by Gasteiger charge is 2.24. The number of nitrogens with one attached hydrogen (secondary N) is 1. The number of carbonyl (C=O) groups is 1. The van der Waals surface area contributed by atoms with Gasteiger partial charge >= 0.3 is 11.7 Å². The molecule has 21 heavy (non-hydrogen) atoms. The SMILES string of the molecule is CCc1nc(Nc2cccc(C(=O)O)c2[N+](=O)[O-])sc1C. The molecule has 0 saturated heterocycles. The number of aromatic carboxylic acids is 1. The third-order valence-electron chi connectivity index (χ3n) is 2.92. The van der Waals surface area contributed by atoms with Crippen molar-refractivity contribution < 1.29 is 14.8 Å². The number of benzene rings is 1. The first-order valence-corrected chi connectivity index (χ1v) is 6.99. The monoisotopic (exact) mass is 307 g/mol. The van der Waals surface area contributed by atoms with Crippen LogP contribution < -0.4 is 5.32 Å². The van der Waals surface area contributed by atoms with Crippen LogP contribution in [0.1, 0.15) is 27.9 Å². The number of aryl methyl sites for hydroxylation is 2. The quantitative estimate of drug-likeness (QED) is 0.648. The fraction of sp³-hybridized carbons (Fsp3) is 0.231. The average molecular weight is 307 g/mol. The summed E-state index contributed by atoms with van der Waals surface area (Å²) in [5.74, 6) is -1.34. The van der Waals surface area contributed by atoms with Crippen LogP contribution in [0.15, 0.2) is 18.2 Å². The van der Waals surface area contributed by atoms with Crippen molar-refractivity contribution in [1.82, 2.24) is 4.98 Å². The number of hydrogen-bond donors (Lipinski definition) is 2. The number of thiazole rings is 1. The van der Waals surface area contributed by atoms with Crippen molar-refractivity contribution in [2.75, 3.05) is 5.32 Å². The summed E-state index contributed by atoms with van der Waals surface area (Å²) >= 11 is 1.38. The lowest BCUT2D eigenvalue weighted by Crippen LogP contribution is -2.05. The predicted molar refractivity (Wildman–Crippen MR) is 79.6 cm³/mol. The van der Waals surface area contributed by atoms with Gasteiger partial charge < -0.3 is 10.4 Å². The summed E-state index contributed by atoms with van der Waals surface area (Å²) < 4.78 is 0. The molecule has 0 spiro atoms. The molecule has 2 N–H and O–H groups in total. The van der Waals surface area contributed by atoms with Crippen molar-refractivity contribution in [3.8, 4) is 0 Å². The maximum absolute atomic E-state index is 11.2. The largest absolute Gasteiger partial charge is 0.477 e. The van der Waals surface area contributed by atoms with E-state index in [1.165, 1.54) is 29.5 Å². The summed E-state index contributed by atoms with van der Waals surface area (Å²) in [6, 6.07) is 4.13. The standard InChI is InChI=1S/C13H13N3O4S/c1-3-9-7(2)21-13(14-9)15-10-6-4-5-8(12(17)18)11(10)16(19)20/h4-6H,3H2,1-2H3,(H,14,15)(H,17,18). The van der Waals surface area contributed by atoms with E-state index in [1.807, 2.05) is 13.8 Å². The highest BCUT2D eigenvalue weighted by atomic mass is 32.1. The van der Waals surface area contributed by atoms with E-state index in [4.69, 9.17) is 5.11 Å². The van der Waals surface area contributed by atoms with Crippen LogP contribution in [-0.2, 0) is 6.42 Å². The molecule has 2 aromatic rings. The number of rotatable bonds is 5. The Hall–Kier alpha value is -2.48. The summed E-state index contributed by atoms with van der Waals surface area (Å²) in [6.45, 7) is 3.89. The minimum atomic E-state index is -1.34. The van der Waals surface area contributed by atoms with E-state index < -0.39 is 16.6 Å². The van der Waals surface area contributed by atoms with Crippen LogP contribution in [0.4, 0.5) is 16.5 Å². The molecule has 0 unspecified atom stereocenters. The van der Waals surface area contributed by atoms with Gasteiger partial charge in [-0.2, -0.15) is 0 Å². The molecule has 0 saturated carbocycles. The van der Waals surface area contributed by atoms with Gasteiger partial charge in [-0.15, -0.1) is 11.3 Å². The summed E-state index contributed by atoms with van der Waals surface area (Å²) in [4.78, 5) is 26.9. The van der Waals surface area contributed by atoms with Crippen LogP contribution >= 0.6 is 11.3 Å². The van der Waals surface area contributed by atoms with Gasteiger partial charge in [-0.1, -0.05) is 13.0 Å². The Morgan fingerprint density at radius 1 is 1.52 bits per heavy atom. The lowest BCUT2D eigenvalue weighted by atomic mass is 10.1. The van der Waals surface area contributed by atoms with Crippen molar-refractivity contribution in [3.05, 3.63) is 44.4 Å². The maximum Gasteiger partial charge on any atom is 0.342 e. The molecule has 1 aromatic heterocycles. The number of nitro benzene ring substituents is 1. The molecule has 110 valence electrons. The number of nitrogens with zero attached hydrogens (tertiary/aromatic N) is 2. The number of anilines is 2. The number of nitro groups is 1. The Morgan fingerprint density at radius 3 is 2.76 bits per heavy atom. The molecular weight excluding hydrogens is 294 g/mol. The molecule has 0 bridgehead atoms. The maximum atomic E-state index is 11.2. The Bertz CT molecular complexity index is 711. The number of aromatic nitrogens is 1. The van der Waals surface area contributed by atoms with Gasteiger partial charge in [0.1, 0.15) is 11.3 Å². The Morgan fingerprint density at radius 2 is 2.24 bits per heavy atom. The van der Waals surface area contributed by atoms with Crippen molar-refractivity contribution in [2.24, 2.45) is 0 Å². The minimum absolute atomic E-state index is 0.122. The zero-order chi connectivity index (χ0) is 15.6. The molecular formula is C13H13N3O4S. The first-order valence-electron chi connectivity index (χ1n) is 6.18. The molecule has 8 heteroatoms. The minimum Gasteiger partial charge on any atom is -0.477 e. The fourth-order valence-electron chi connectivity index (χ4n) is 1.94. The first kappa shape index (κ1) is 14.9. The number of para-hydroxylation sites is 1. The van der Waals surface area contributed by atoms with Crippen molar-refractivity contribution in [1.29, 1.82) is 0 Å². The van der Waals surface area contributed by atoms with Gasteiger partial charge in [-0.25, -0.2) is 9.78 Å². The van der Waals surface area contributed by atoms with Crippen molar-refractivity contribution in [2.45, 2.75) is 20.3 Å². The third-order valence-corrected chi connectivity index (χ3v) is 3.85. The predicted octanol–water partition coefficient (Wildman–Crippen LogP) is 3.36. The summed E-state index contributed by atoms with van der Waals surface area (Å²) in [5.41, 5.74) is 0.223. The van der Waals surface area contributed by atoms with Crippen LogP contribution in [0.2, 0.25) is 0 Å². The molecule has 0 amide bonds. The Kier molecular flexibility index (Phi) is 4.18. The Balaban J connectivity index is 2.46. The topological polar surface area (TPSA) is 105 Å². The van der Waals surface area contributed by atoms with Crippen LogP contribution in [-0.4, -0.2) is 21.0 Å². The van der Waals surface area contributed by atoms with Gasteiger partial charge in [-0.3, -0.25) is 10.1 Å². The zero-order valence-corrected chi connectivity index (χ0v) is 12.2. The Labute approximate surface area is 124 Å². The molecule has 1 aromatic carbocycles. The normalized spacial score (nSPS) is 10.4. The highest BCUT2D eigenvalue weighted by Crippen LogP contribution is 2.33. The van der Waals surface area contributed by atoms with Gasteiger partial charge in [0.05, 0.1) is 10.6 Å². The lowest BCUT2D eigenvalue weighted by molar-refractivity contribution is -0.384. The average Bonchev–Trinajstić information content (AvgIpc) is 2.78.